The summed E-state index contributed by atoms with van der Waals surface area (Å²) in [7, 11) is 0. The second-order valence-electron chi connectivity index (χ2n) is 4.74. The van der Waals surface area contributed by atoms with E-state index in [2.05, 4.69) is 19.7 Å². The fraction of sp³-hybridized carbons (Fsp3) is 0.0667. The highest BCUT2D eigenvalue weighted by atomic mass is 19.1. The van der Waals surface area contributed by atoms with Gasteiger partial charge in [0.2, 0.25) is 0 Å². The number of aromatic nitrogens is 4. The zero-order valence-corrected chi connectivity index (χ0v) is 10.8. The van der Waals surface area contributed by atoms with Gasteiger partial charge in [0.1, 0.15) is 5.82 Å². The van der Waals surface area contributed by atoms with Crippen LogP contribution in [0.1, 0.15) is 5.69 Å². The molecule has 3 aromatic heterocycles. The first kappa shape index (κ1) is 11.2. The average Bonchev–Trinajstić information content (AvgIpc) is 3.00. The lowest BCUT2D eigenvalue weighted by atomic mass is 10.2. The van der Waals surface area contributed by atoms with Crippen molar-refractivity contribution in [2.24, 2.45) is 0 Å². The Hall–Kier alpha value is -2.69. The van der Waals surface area contributed by atoms with Gasteiger partial charge in [-0.05, 0) is 37.3 Å². The Balaban J connectivity index is 2.21. The highest BCUT2D eigenvalue weighted by Gasteiger charge is 2.15. The summed E-state index contributed by atoms with van der Waals surface area (Å²) in [5.74, 6) is -0.256. The summed E-state index contributed by atoms with van der Waals surface area (Å²) < 4.78 is 15.6. The van der Waals surface area contributed by atoms with Crippen LogP contribution >= 0.6 is 0 Å². The van der Waals surface area contributed by atoms with Crippen LogP contribution in [0, 0.1) is 12.7 Å². The van der Waals surface area contributed by atoms with E-state index >= 15 is 0 Å². The number of rotatable bonds is 1. The van der Waals surface area contributed by atoms with Crippen LogP contribution in [0.5, 0.6) is 0 Å². The Bertz CT molecular complexity index is 936. The van der Waals surface area contributed by atoms with Gasteiger partial charge in [-0.2, -0.15) is 5.10 Å². The Kier molecular flexibility index (Phi) is 2.18. The number of nitrogens with zero attached hydrogens (tertiary/aromatic N) is 3. The first-order valence-electron chi connectivity index (χ1n) is 6.31. The molecule has 0 aliphatic heterocycles. The van der Waals surface area contributed by atoms with Crippen LogP contribution in [0.4, 0.5) is 4.39 Å². The third-order valence-electron chi connectivity index (χ3n) is 3.55. The van der Waals surface area contributed by atoms with Crippen molar-refractivity contribution in [1.82, 2.24) is 19.7 Å². The van der Waals surface area contributed by atoms with Crippen LogP contribution in [-0.2, 0) is 0 Å². The second-order valence-corrected chi connectivity index (χ2v) is 4.74. The van der Waals surface area contributed by atoms with E-state index in [0.29, 0.717) is 0 Å². The zero-order valence-electron chi connectivity index (χ0n) is 10.8. The van der Waals surface area contributed by atoms with E-state index < -0.39 is 0 Å². The van der Waals surface area contributed by atoms with Crippen LogP contribution in [0.3, 0.4) is 0 Å². The van der Waals surface area contributed by atoms with Gasteiger partial charge in [0.15, 0.2) is 0 Å². The van der Waals surface area contributed by atoms with Gasteiger partial charge in [-0.3, -0.25) is 10.1 Å². The minimum absolute atomic E-state index is 0.256. The fourth-order valence-electron chi connectivity index (χ4n) is 2.65. The number of fused-ring (bicyclic) bond motifs is 3. The molecule has 0 atom stereocenters. The summed E-state index contributed by atoms with van der Waals surface area (Å²) >= 11 is 0. The lowest BCUT2D eigenvalue weighted by molar-refractivity contribution is 0.629. The van der Waals surface area contributed by atoms with Crippen LogP contribution in [0.2, 0.25) is 0 Å². The summed E-state index contributed by atoms with van der Waals surface area (Å²) in [6.07, 6.45) is 3.51. The summed E-state index contributed by atoms with van der Waals surface area (Å²) in [6, 6.07) is 8.67. The predicted octanol–water partition coefficient (Wildman–Crippen LogP) is 3.35. The molecule has 0 fully saturated rings. The maximum absolute atomic E-state index is 13.5. The van der Waals surface area contributed by atoms with Crippen molar-refractivity contribution < 1.29 is 4.39 Å². The summed E-state index contributed by atoms with van der Waals surface area (Å²) in [4.78, 5) is 4.33. The molecule has 20 heavy (non-hydrogen) atoms. The SMILES string of the molecule is Cc1ncccc1-n1c2ccc(F)cc2c2[nH]ncc21. The number of halogens is 1. The average molecular weight is 266 g/mol. The number of benzene rings is 1. The van der Waals surface area contributed by atoms with E-state index in [1.807, 2.05) is 19.1 Å². The Morgan fingerprint density at radius 1 is 1.20 bits per heavy atom. The normalized spacial score (nSPS) is 11.5. The molecule has 0 spiro atoms. The molecule has 4 rings (SSSR count). The lowest BCUT2D eigenvalue weighted by Crippen LogP contribution is -1.97. The number of H-pyrrole nitrogens is 1. The molecule has 98 valence electrons. The van der Waals surface area contributed by atoms with Gasteiger partial charge in [0, 0.05) is 11.6 Å². The number of aryl methyl sites for hydroxylation is 1. The van der Waals surface area contributed by atoms with Gasteiger partial charge in [0.05, 0.1) is 34.1 Å². The number of hydrogen-bond acceptors (Lipinski definition) is 2. The van der Waals surface area contributed by atoms with E-state index in [1.54, 1.807) is 18.5 Å². The van der Waals surface area contributed by atoms with Gasteiger partial charge in [-0.25, -0.2) is 4.39 Å². The van der Waals surface area contributed by atoms with Gasteiger partial charge >= 0.3 is 0 Å². The van der Waals surface area contributed by atoms with Gasteiger partial charge in [0.25, 0.3) is 0 Å². The minimum Gasteiger partial charge on any atom is -0.304 e. The van der Waals surface area contributed by atoms with Crippen molar-refractivity contribution in [3.63, 3.8) is 0 Å². The number of hydrogen-bond donors (Lipinski definition) is 1. The van der Waals surface area contributed by atoms with E-state index in [4.69, 9.17) is 0 Å². The van der Waals surface area contributed by atoms with E-state index in [9.17, 15) is 4.39 Å². The fourth-order valence-corrected chi connectivity index (χ4v) is 2.65. The molecule has 1 N–H and O–H groups in total. The Morgan fingerprint density at radius 3 is 2.95 bits per heavy atom. The molecule has 0 unspecified atom stereocenters. The molecule has 0 bridgehead atoms. The monoisotopic (exact) mass is 266 g/mol. The van der Waals surface area contributed by atoms with Crippen molar-refractivity contribution in [1.29, 1.82) is 0 Å². The van der Waals surface area contributed by atoms with Crippen molar-refractivity contribution >= 4 is 21.9 Å². The minimum atomic E-state index is -0.256. The molecule has 0 radical (unpaired) electrons. The molecule has 0 aliphatic carbocycles. The molecule has 0 amide bonds. The van der Waals surface area contributed by atoms with Crippen molar-refractivity contribution in [3.8, 4) is 5.69 Å². The molecule has 0 aliphatic rings. The quantitative estimate of drug-likeness (QED) is 0.574. The van der Waals surface area contributed by atoms with E-state index in [0.717, 1.165) is 33.3 Å². The topological polar surface area (TPSA) is 46.5 Å². The highest BCUT2D eigenvalue weighted by molar-refractivity contribution is 6.06. The van der Waals surface area contributed by atoms with E-state index in [-0.39, 0.29) is 5.82 Å². The zero-order chi connectivity index (χ0) is 13.7. The molecule has 0 saturated heterocycles. The summed E-state index contributed by atoms with van der Waals surface area (Å²) in [6.45, 7) is 1.95. The first-order valence-corrected chi connectivity index (χ1v) is 6.31. The van der Waals surface area contributed by atoms with Crippen LogP contribution in [-0.4, -0.2) is 19.7 Å². The molecule has 3 heterocycles. The Morgan fingerprint density at radius 2 is 2.10 bits per heavy atom. The largest absolute Gasteiger partial charge is 0.304 e. The second kappa shape index (κ2) is 3.90. The van der Waals surface area contributed by atoms with Crippen LogP contribution in [0.15, 0.2) is 42.7 Å². The third-order valence-corrected chi connectivity index (χ3v) is 3.55. The van der Waals surface area contributed by atoms with Gasteiger partial charge in [-0.15, -0.1) is 0 Å². The van der Waals surface area contributed by atoms with Crippen LogP contribution in [0.25, 0.3) is 27.6 Å². The predicted molar refractivity (Wildman–Crippen MR) is 75.4 cm³/mol. The van der Waals surface area contributed by atoms with Crippen molar-refractivity contribution in [2.75, 3.05) is 0 Å². The number of pyridine rings is 1. The molecule has 1 aromatic carbocycles. The first-order chi connectivity index (χ1) is 9.75. The highest BCUT2D eigenvalue weighted by Crippen LogP contribution is 2.31. The Labute approximate surface area is 113 Å². The van der Waals surface area contributed by atoms with Gasteiger partial charge in [-0.1, -0.05) is 0 Å². The molecule has 4 aromatic rings. The van der Waals surface area contributed by atoms with Crippen molar-refractivity contribution in [3.05, 3.63) is 54.2 Å². The third kappa shape index (κ3) is 1.40. The van der Waals surface area contributed by atoms with Crippen LogP contribution < -0.4 is 0 Å². The van der Waals surface area contributed by atoms with Gasteiger partial charge < -0.3 is 4.57 Å². The summed E-state index contributed by atoms with van der Waals surface area (Å²) in [5.41, 5.74) is 4.58. The molecular weight excluding hydrogens is 255 g/mol. The number of aromatic amines is 1. The smallest absolute Gasteiger partial charge is 0.124 e. The molecular formula is C15H11FN4. The standard InChI is InChI=1S/C15H11FN4/c1-9-12(3-2-6-17-9)20-13-5-4-10(16)7-11(13)15-14(20)8-18-19-15/h2-8H,1H3,(H,18,19). The van der Waals surface area contributed by atoms with E-state index in [1.165, 1.54) is 12.1 Å². The van der Waals surface area contributed by atoms with Crippen molar-refractivity contribution in [2.45, 2.75) is 6.92 Å². The molecule has 4 nitrogen and oxygen atoms in total. The molecule has 0 saturated carbocycles. The number of nitrogens with one attached hydrogen (secondary N) is 1. The maximum atomic E-state index is 13.5. The summed E-state index contributed by atoms with van der Waals surface area (Å²) in [5, 5.41) is 7.83. The maximum Gasteiger partial charge on any atom is 0.124 e. The molecule has 5 heteroatoms. The lowest BCUT2D eigenvalue weighted by Gasteiger charge is -2.08.